The third-order valence-electron chi connectivity index (χ3n) is 19.4. The number of aryl methyl sites for hydroxylation is 5. The quantitative estimate of drug-likeness (QED) is 0.0315. The third-order valence-corrected chi connectivity index (χ3v) is 26.1. The molecule has 29 nitrogen and oxygen atoms in total. The summed E-state index contributed by atoms with van der Waals surface area (Å²) in [6, 6.07) is 19.5. The van der Waals surface area contributed by atoms with Crippen LogP contribution in [0.25, 0.3) is 104 Å². The Morgan fingerprint density at radius 3 is 1.14 bits per heavy atom. The van der Waals surface area contributed by atoms with Gasteiger partial charge in [0.2, 0.25) is 0 Å². The summed E-state index contributed by atoms with van der Waals surface area (Å²) in [6.07, 6.45) is 18.2. The van der Waals surface area contributed by atoms with E-state index in [-0.39, 0.29) is 31.5 Å². The number of H-pyrrole nitrogens is 5. The molecule has 0 unspecified atom stereocenters. The number of fused-ring (bicyclic) bond motifs is 5. The van der Waals surface area contributed by atoms with Gasteiger partial charge in [0, 0.05) is 106 Å². The largest absolute Gasteiger partial charge is 0.396 e. The Hall–Kier alpha value is -10.6. The predicted molar refractivity (Wildman–Crippen MR) is 453 cm³/mol. The Morgan fingerprint density at radius 1 is 0.455 bits per heavy atom. The smallest absolute Gasteiger partial charge is 0.126 e. The maximum absolute atomic E-state index is 9.69. The molecule has 34 heteroatoms. The van der Waals surface area contributed by atoms with Crippen LogP contribution in [-0.4, -0.2) is 155 Å². The van der Waals surface area contributed by atoms with Crippen molar-refractivity contribution < 1.29 is 20.1 Å². The van der Waals surface area contributed by atoms with Crippen LogP contribution in [0.2, 0.25) is 0 Å². The van der Waals surface area contributed by atoms with E-state index in [1.165, 1.54) is 22.4 Å². The molecule has 15 aromatic heterocycles. The summed E-state index contributed by atoms with van der Waals surface area (Å²) in [7, 11) is 0. The van der Waals surface area contributed by atoms with Crippen molar-refractivity contribution in [3.8, 4) is 52.9 Å². The number of anilines is 10. The Bertz CT molecular complexity index is 5560. The number of nitrogen functional groups attached to an aromatic ring is 5. The van der Waals surface area contributed by atoms with E-state index in [0.29, 0.717) is 48.1 Å². The van der Waals surface area contributed by atoms with Crippen molar-refractivity contribution in [3.63, 3.8) is 0 Å². The number of aromatic nitrogens is 15. The van der Waals surface area contributed by atoms with Crippen molar-refractivity contribution in [3.05, 3.63) is 119 Å². The maximum Gasteiger partial charge on any atom is 0.126 e. The van der Waals surface area contributed by atoms with Gasteiger partial charge in [0.25, 0.3) is 0 Å². The SMILES string of the molecule is Cc1c(-c2ccn[nH]2)sc2c(NC3CCC(O)CC3)cc(N)nc12.Cc1c(-c2ccn[nH]2)sc2c(NCC3CC3)cc(N)nc12.Cc1c(-c2ccn[nH]2)sc2c(NCCCO)cc(N)nc12.Cc1c(-c2ccn[nH]2)sc2c(NC[C@@H]3CCCO3)cc(N)nc12.Cc1c(-c2ccn[nH]2)sc2c(N[C@@H](C)CO)cc(N)nc12. The Balaban J connectivity index is 0.000000115. The average molecular weight is 1580 g/mol. The molecule has 0 spiro atoms. The monoisotopic (exact) mass is 1580 g/mol. The van der Waals surface area contributed by atoms with E-state index in [1.807, 2.05) is 75.4 Å². The highest BCUT2D eigenvalue weighted by molar-refractivity contribution is 7.24. The summed E-state index contributed by atoms with van der Waals surface area (Å²) < 4.78 is 11.2. The van der Waals surface area contributed by atoms with Gasteiger partial charge in [-0.15, -0.1) is 56.7 Å². The highest BCUT2D eigenvalue weighted by Crippen LogP contribution is 2.47. The van der Waals surface area contributed by atoms with Crippen LogP contribution in [0.3, 0.4) is 0 Å². The van der Waals surface area contributed by atoms with E-state index in [0.717, 1.165) is 215 Å². The molecule has 0 amide bonds. The van der Waals surface area contributed by atoms with Gasteiger partial charge in [0.1, 0.15) is 29.1 Å². The number of nitrogens with zero attached hydrogens (tertiary/aromatic N) is 10. The lowest BCUT2D eigenvalue weighted by molar-refractivity contribution is 0.120. The van der Waals surface area contributed by atoms with Crippen LogP contribution < -0.4 is 55.3 Å². The number of ether oxygens (including phenoxy) is 1. The number of thiophene rings is 5. The molecule has 3 aliphatic rings. The van der Waals surface area contributed by atoms with Crippen molar-refractivity contribution in [1.82, 2.24) is 75.9 Å². The van der Waals surface area contributed by atoms with Crippen LogP contribution in [0.5, 0.6) is 0 Å². The molecule has 0 aromatic carbocycles. The molecule has 1 aliphatic heterocycles. The number of aliphatic hydroxyl groups excluding tert-OH is 3. The van der Waals surface area contributed by atoms with Crippen molar-refractivity contribution in [2.24, 2.45) is 5.92 Å². The zero-order valence-corrected chi connectivity index (χ0v) is 65.9. The summed E-state index contributed by atoms with van der Waals surface area (Å²) in [5, 5.41) is 80.3. The summed E-state index contributed by atoms with van der Waals surface area (Å²) in [6.45, 7) is 15.8. The first-order chi connectivity index (χ1) is 53.4. The molecular weight excluding hydrogens is 1490 g/mol. The summed E-state index contributed by atoms with van der Waals surface area (Å²) in [5.74, 6) is 3.40. The van der Waals surface area contributed by atoms with E-state index in [2.05, 4.69) is 123 Å². The normalized spacial score (nSPS) is 15.7. The topological polar surface area (TPSA) is 468 Å². The van der Waals surface area contributed by atoms with Crippen molar-refractivity contribution in [2.45, 2.75) is 124 Å². The lowest BCUT2D eigenvalue weighted by Gasteiger charge is -2.27. The summed E-state index contributed by atoms with van der Waals surface area (Å²) in [4.78, 5) is 28.2. The number of pyridine rings is 5. The van der Waals surface area contributed by atoms with Gasteiger partial charge in [-0.2, -0.15) is 25.5 Å². The van der Waals surface area contributed by atoms with Crippen LogP contribution in [0.15, 0.2) is 91.6 Å². The van der Waals surface area contributed by atoms with Gasteiger partial charge in [0.05, 0.1) is 151 Å². The molecule has 1 saturated heterocycles. The minimum atomic E-state index is -0.151. The molecule has 16 heterocycles. The molecule has 110 heavy (non-hydrogen) atoms. The molecule has 0 radical (unpaired) electrons. The second kappa shape index (κ2) is 34.1. The summed E-state index contributed by atoms with van der Waals surface area (Å²) >= 11 is 8.45. The minimum Gasteiger partial charge on any atom is -0.396 e. The first-order valence-electron chi connectivity index (χ1n) is 36.6. The van der Waals surface area contributed by atoms with Gasteiger partial charge in [-0.3, -0.25) is 25.5 Å². The number of hydrogen-bond donors (Lipinski definition) is 18. The maximum atomic E-state index is 9.69. The fourth-order valence-electron chi connectivity index (χ4n) is 13.4. The van der Waals surface area contributed by atoms with Crippen LogP contribution in [0, 0.1) is 40.5 Å². The number of hydrogen-bond acceptors (Lipinski definition) is 29. The van der Waals surface area contributed by atoms with Crippen molar-refractivity contribution >= 4 is 165 Å². The zero-order chi connectivity index (χ0) is 76.7. The van der Waals surface area contributed by atoms with Gasteiger partial charge in [-0.25, -0.2) is 24.9 Å². The highest BCUT2D eigenvalue weighted by atomic mass is 32.1. The minimum absolute atomic E-state index is 0.0481. The molecule has 15 aromatic rings. The zero-order valence-electron chi connectivity index (χ0n) is 61.8. The number of nitrogens with two attached hydrogens (primary N) is 5. The standard InChI is InChI=1S/C17H21N5OS.C16H19N5OS.C15H17N5S.2C14H17N5OS/c1-9-15-17(24-16(9)12-6-7-19-22-12)13(8-14(18)21-15)20-10-2-4-11(23)5-3-10;1-9-14-16(23-15(9)11-4-5-19-21-11)12(7-13(17)20-14)18-8-10-3-2-6-22-10;1-8-13-15(21-14(8)10-4-5-18-20-10)11(6-12(16)19-13)17-7-9-2-3-9;1-7(6-20)17-10-5-11(15)18-12-8(2)13(21-14(10)12)9-3-4-16-19-9;1-8-12-14(21-13(8)9-3-5-17-19-9)10(7-11(15)18-12)16-4-2-6-20/h6-8,10-11,23H,2-5H2,1H3,(H,19,22)(H3,18,20,21);4-5,7,10H,2-3,6,8H2,1H3,(H,19,21)(H3,17,18,20);4-6,9H,2-3,7H2,1H3,(H,18,20)(H3,16,17,19);3-5,7,20H,6H2,1-2H3,(H,16,19)(H3,15,17,18);3,5,7,20H,2,4,6H2,1H3,(H,17,19)(H3,15,16,18)/t;10-;;7-;/m.0.0./s1. The summed E-state index contributed by atoms with van der Waals surface area (Å²) in [5.41, 5.74) is 50.1. The molecule has 574 valence electrons. The van der Waals surface area contributed by atoms with E-state index >= 15 is 0 Å². The van der Waals surface area contributed by atoms with Gasteiger partial charge in [-0.05, 0) is 163 Å². The third kappa shape index (κ3) is 17.2. The van der Waals surface area contributed by atoms with E-state index in [4.69, 9.17) is 38.5 Å². The molecule has 2 aliphatic carbocycles. The van der Waals surface area contributed by atoms with E-state index in [1.54, 1.807) is 93.7 Å². The first-order valence-corrected chi connectivity index (χ1v) is 40.7. The van der Waals surface area contributed by atoms with Crippen LogP contribution in [0.1, 0.15) is 92.5 Å². The van der Waals surface area contributed by atoms with Gasteiger partial charge < -0.3 is 75.3 Å². The van der Waals surface area contributed by atoms with Crippen molar-refractivity contribution in [2.75, 3.05) is 94.7 Å². The lowest BCUT2D eigenvalue weighted by Crippen LogP contribution is -2.28. The van der Waals surface area contributed by atoms with Gasteiger partial charge in [0.15, 0.2) is 0 Å². The molecule has 18 rings (SSSR count). The molecular formula is C76H91N25O4S5. The fraction of sp³-hybridized carbons (Fsp3) is 0.342. The molecule has 0 bridgehead atoms. The van der Waals surface area contributed by atoms with Crippen LogP contribution >= 0.6 is 56.7 Å². The van der Waals surface area contributed by atoms with Crippen LogP contribution in [0.4, 0.5) is 57.5 Å². The number of aromatic amines is 5. The van der Waals surface area contributed by atoms with E-state index in [9.17, 15) is 10.2 Å². The number of aliphatic hydroxyl groups is 3. The van der Waals surface area contributed by atoms with Gasteiger partial charge in [-0.1, -0.05) is 0 Å². The highest BCUT2D eigenvalue weighted by Gasteiger charge is 2.27. The predicted octanol–water partition coefficient (Wildman–Crippen LogP) is 14.6. The molecule has 3 fully saturated rings. The second-order valence-corrected chi connectivity index (χ2v) is 32.8. The van der Waals surface area contributed by atoms with Crippen molar-refractivity contribution in [1.29, 1.82) is 0 Å². The Labute approximate surface area is 653 Å². The van der Waals surface area contributed by atoms with E-state index < -0.39 is 0 Å². The first kappa shape index (κ1) is 76.2. The second-order valence-electron chi connectivity index (χ2n) is 27.7. The lowest BCUT2D eigenvalue weighted by atomic mass is 9.93. The number of rotatable bonds is 20. The fourth-order valence-corrected chi connectivity index (χ4v) is 19.5. The molecule has 2 atom stereocenters. The molecule has 2 saturated carbocycles. The Morgan fingerprint density at radius 2 is 0.800 bits per heavy atom. The number of nitrogens with one attached hydrogen (secondary N) is 10. The van der Waals surface area contributed by atoms with Gasteiger partial charge >= 0.3 is 0 Å². The molecule has 23 N–H and O–H groups in total. The average Bonchev–Trinajstić information content (AvgIpc) is 1.61. The van der Waals surface area contributed by atoms with Crippen LogP contribution in [-0.2, 0) is 4.74 Å². The Kier molecular flexibility index (Phi) is 23.7.